The molecule has 3 atom stereocenters. The van der Waals surface area contributed by atoms with E-state index in [1.165, 1.54) is 0 Å². The van der Waals surface area contributed by atoms with Crippen LogP contribution in [0.2, 0.25) is 0 Å². The summed E-state index contributed by atoms with van der Waals surface area (Å²) in [6, 6.07) is 0. The Hall–Kier alpha value is -0.450. The van der Waals surface area contributed by atoms with Crippen LogP contribution in [-0.4, -0.2) is 29.5 Å². The SMILES string of the molecule is CC1(C)C=C[C@H]2C[C@H](/C=C/CCO)O[P@](=O)(O2)O1. The van der Waals surface area contributed by atoms with Crippen molar-refractivity contribution in [1.82, 2.24) is 0 Å². The fraction of sp³-hybridized carbons (Fsp3) is 0.667. The number of hydrogen-bond donors (Lipinski definition) is 1. The van der Waals surface area contributed by atoms with E-state index in [0.29, 0.717) is 12.8 Å². The van der Waals surface area contributed by atoms with Crippen molar-refractivity contribution in [2.24, 2.45) is 0 Å². The van der Waals surface area contributed by atoms with E-state index < -0.39 is 13.4 Å². The molecule has 0 spiro atoms. The van der Waals surface area contributed by atoms with Gasteiger partial charge in [0, 0.05) is 13.0 Å². The summed E-state index contributed by atoms with van der Waals surface area (Å²) in [5.41, 5.74) is -0.659. The molecule has 2 rings (SSSR count). The lowest BCUT2D eigenvalue weighted by Crippen LogP contribution is -2.27. The topological polar surface area (TPSA) is 65.0 Å². The molecule has 2 aliphatic heterocycles. The number of phosphoric ester groups is 1. The molecule has 2 bridgehead atoms. The van der Waals surface area contributed by atoms with Crippen LogP contribution in [0.3, 0.4) is 0 Å². The zero-order valence-corrected chi connectivity index (χ0v) is 11.5. The molecule has 0 saturated carbocycles. The highest BCUT2D eigenvalue weighted by molar-refractivity contribution is 7.48. The van der Waals surface area contributed by atoms with E-state index >= 15 is 0 Å². The van der Waals surface area contributed by atoms with Crippen LogP contribution in [-0.2, 0) is 18.1 Å². The lowest BCUT2D eigenvalue weighted by molar-refractivity contribution is 0.00401. The zero-order chi connectivity index (χ0) is 13.2. The van der Waals surface area contributed by atoms with Gasteiger partial charge in [-0.1, -0.05) is 24.3 Å². The van der Waals surface area contributed by atoms with Crippen molar-refractivity contribution in [2.75, 3.05) is 6.61 Å². The molecule has 1 saturated heterocycles. The quantitative estimate of drug-likeness (QED) is 0.633. The van der Waals surface area contributed by atoms with Gasteiger partial charge in [0.15, 0.2) is 0 Å². The maximum absolute atomic E-state index is 12.4. The van der Waals surface area contributed by atoms with E-state index in [1.807, 2.05) is 32.1 Å². The van der Waals surface area contributed by atoms with E-state index in [2.05, 4.69) is 0 Å². The van der Waals surface area contributed by atoms with Gasteiger partial charge in [0.25, 0.3) is 0 Å². The Bertz CT molecular complexity index is 401. The summed E-state index contributed by atoms with van der Waals surface area (Å²) in [4.78, 5) is 0. The first-order valence-electron chi connectivity index (χ1n) is 6.07. The molecule has 0 amide bonds. The molecule has 0 aliphatic carbocycles. The average molecular weight is 274 g/mol. The maximum Gasteiger partial charge on any atom is 0.476 e. The van der Waals surface area contributed by atoms with Crippen molar-refractivity contribution in [3.8, 4) is 0 Å². The Morgan fingerprint density at radius 2 is 2.28 bits per heavy atom. The molecule has 0 aromatic heterocycles. The lowest BCUT2D eigenvalue weighted by Gasteiger charge is -2.32. The molecular weight excluding hydrogens is 255 g/mol. The highest BCUT2D eigenvalue weighted by atomic mass is 31.2. The van der Waals surface area contributed by atoms with Crippen LogP contribution < -0.4 is 0 Å². The number of aliphatic hydroxyl groups excluding tert-OH is 1. The molecule has 0 aromatic rings. The van der Waals surface area contributed by atoms with Gasteiger partial charge in [-0.2, -0.15) is 0 Å². The smallest absolute Gasteiger partial charge is 0.396 e. The molecule has 0 radical (unpaired) electrons. The average Bonchev–Trinajstić information content (AvgIpc) is 2.32. The van der Waals surface area contributed by atoms with Gasteiger partial charge in [0.2, 0.25) is 0 Å². The van der Waals surface area contributed by atoms with Crippen LogP contribution in [0.25, 0.3) is 0 Å². The number of phosphoric acid groups is 1. The standard InChI is InChI=1S/C12H19O5P/c1-12(2)7-6-11-9-10(5-3-4-8-13)15-18(14,16-11)17-12/h3,5-7,10-11,13H,4,8-9H2,1-2H3/b5-3+/t10-,11-,18+/m0/s1. The summed E-state index contributed by atoms with van der Waals surface area (Å²) in [7, 11) is -3.51. The van der Waals surface area contributed by atoms with Crippen LogP contribution in [0, 0.1) is 0 Å². The molecule has 1 N–H and O–H groups in total. The molecule has 0 aromatic carbocycles. The Labute approximate surface area is 107 Å². The fourth-order valence-corrected chi connectivity index (χ4v) is 3.67. The predicted molar refractivity (Wildman–Crippen MR) is 67.1 cm³/mol. The van der Waals surface area contributed by atoms with E-state index in [9.17, 15) is 4.57 Å². The third-order valence-corrected chi connectivity index (χ3v) is 4.45. The first kappa shape index (κ1) is 14.0. The summed E-state index contributed by atoms with van der Waals surface area (Å²) in [5, 5.41) is 8.71. The summed E-state index contributed by atoms with van der Waals surface area (Å²) in [5.74, 6) is 0. The van der Waals surface area contributed by atoms with Crippen LogP contribution in [0.5, 0.6) is 0 Å². The first-order chi connectivity index (χ1) is 8.42. The van der Waals surface area contributed by atoms with Gasteiger partial charge in [-0.05, 0) is 20.3 Å². The van der Waals surface area contributed by atoms with E-state index in [1.54, 1.807) is 6.08 Å². The van der Waals surface area contributed by atoms with Crippen molar-refractivity contribution in [3.05, 3.63) is 24.3 Å². The Morgan fingerprint density at radius 1 is 1.50 bits per heavy atom. The van der Waals surface area contributed by atoms with E-state index in [4.69, 9.17) is 18.7 Å². The Kier molecular flexibility index (Phi) is 4.09. The van der Waals surface area contributed by atoms with E-state index in [0.717, 1.165) is 0 Å². The number of rotatable bonds is 3. The Morgan fingerprint density at radius 3 is 3.00 bits per heavy atom. The molecule has 1 fully saturated rings. The number of hydrogen-bond acceptors (Lipinski definition) is 5. The van der Waals surface area contributed by atoms with Crippen molar-refractivity contribution in [2.45, 2.75) is 44.5 Å². The highest BCUT2D eigenvalue weighted by Gasteiger charge is 2.44. The third-order valence-electron chi connectivity index (χ3n) is 2.70. The van der Waals surface area contributed by atoms with Gasteiger partial charge >= 0.3 is 7.82 Å². The molecule has 6 heteroatoms. The van der Waals surface area contributed by atoms with Crippen LogP contribution >= 0.6 is 7.82 Å². The van der Waals surface area contributed by atoms with Gasteiger partial charge < -0.3 is 5.11 Å². The summed E-state index contributed by atoms with van der Waals surface area (Å²) < 4.78 is 28.5. The summed E-state index contributed by atoms with van der Waals surface area (Å²) in [6.07, 6.45) is 7.92. The second-order valence-electron chi connectivity index (χ2n) is 4.96. The van der Waals surface area contributed by atoms with Gasteiger partial charge in [-0.15, -0.1) is 0 Å². The van der Waals surface area contributed by atoms with Crippen molar-refractivity contribution in [1.29, 1.82) is 0 Å². The molecule has 102 valence electrons. The minimum Gasteiger partial charge on any atom is -0.396 e. The number of fused-ring (bicyclic) bond motifs is 2. The van der Waals surface area contributed by atoms with Gasteiger partial charge in [-0.3, -0.25) is 13.6 Å². The van der Waals surface area contributed by atoms with Crippen LogP contribution in [0.15, 0.2) is 24.3 Å². The van der Waals surface area contributed by atoms with Crippen LogP contribution in [0.1, 0.15) is 26.7 Å². The molecule has 18 heavy (non-hydrogen) atoms. The fourth-order valence-electron chi connectivity index (χ4n) is 1.92. The summed E-state index contributed by atoms with van der Waals surface area (Å²) >= 11 is 0. The Balaban J connectivity index is 2.12. The highest BCUT2D eigenvalue weighted by Crippen LogP contribution is 2.59. The van der Waals surface area contributed by atoms with E-state index in [-0.39, 0.29) is 18.8 Å². The maximum atomic E-state index is 12.4. The largest absolute Gasteiger partial charge is 0.476 e. The van der Waals surface area contributed by atoms with Crippen LogP contribution in [0.4, 0.5) is 0 Å². The molecule has 5 nitrogen and oxygen atoms in total. The van der Waals surface area contributed by atoms with Crippen molar-refractivity contribution in [3.63, 3.8) is 0 Å². The zero-order valence-electron chi connectivity index (χ0n) is 10.6. The normalized spacial score (nSPS) is 38.8. The summed E-state index contributed by atoms with van der Waals surface area (Å²) in [6.45, 7) is 3.71. The number of aliphatic hydroxyl groups is 1. The minimum absolute atomic E-state index is 0.0875. The molecule has 2 aliphatic rings. The predicted octanol–water partition coefficient (Wildman–Crippen LogP) is 2.57. The lowest BCUT2D eigenvalue weighted by atomic mass is 10.1. The molecule has 2 heterocycles. The van der Waals surface area contributed by atoms with Gasteiger partial charge in [-0.25, -0.2) is 4.57 Å². The second kappa shape index (κ2) is 5.27. The van der Waals surface area contributed by atoms with Gasteiger partial charge in [0.1, 0.15) is 0 Å². The minimum atomic E-state index is -3.51. The first-order valence-corrected chi connectivity index (χ1v) is 7.53. The third kappa shape index (κ3) is 3.53. The van der Waals surface area contributed by atoms with Gasteiger partial charge in [0.05, 0.1) is 17.8 Å². The molecule has 0 unspecified atom stereocenters. The van der Waals surface area contributed by atoms with Crippen molar-refractivity contribution >= 4 is 7.82 Å². The monoisotopic (exact) mass is 274 g/mol. The molecular formula is C12H19O5P. The van der Waals surface area contributed by atoms with Crippen molar-refractivity contribution < 1.29 is 23.2 Å². The second-order valence-corrected chi connectivity index (χ2v) is 6.46.